The molecule has 15 heavy (non-hydrogen) atoms. The number of carbonyl (C=O) groups is 1. The molecule has 1 unspecified atom stereocenters. The third-order valence-electron chi connectivity index (χ3n) is 4.19. The molecule has 0 spiro atoms. The van der Waals surface area contributed by atoms with E-state index < -0.39 is 0 Å². The van der Waals surface area contributed by atoms with Crippen molar-refractivity contribution in [3.8, 4) is 0 Å². The van der Waals surface area contributed by atoms with E-state index in [0.29, 0.717) is 18.9 Å². The van der Waals surface area contributed by atoms with Gasteiger partial charge in [0.25, 0.3) is 0 Å². The molecule has 2 N–H and O–H groups in total. The SMILES string of the molecule is O=C1CC(CO)(C2CCCCCC2)CN1. The van der Waals surface area contributed by atoms with Crippen molar-refractivity contribution in [2.75, 3.05) is 13.2 Å². The lowest BCUT2D eigenvalue weighted by Gasteiger charge is -2.33. The molecule has 3 heteroatoms. The molecule has 0 aromatic rings. The lowest BCUT2D eigenvalue weighted by atomic mass is 9.71. The smallest absolute Gasteiger partial charge is 0.220 e. The average Bonchev–Trinajstić information content (AvgIpc) is 2.49. The Balaban J connectivity index is 2.07. The fourth-order valence-corrected chi connectivity index (χ4v) is 3.14. The highest BCUT2D eigenvalue weighted by molar-refractivity contribution is 5.79. The van der Waals surface area contributed by atoms with E-state index in [9.17, 15) is 9.90 Å². The molecular weight excluding hydrogens is 190 g/mol. The van der Waals surface area contributed by atoms with Crippen LogP contribution in [0, 0.1) is 11.3 Å². The molecule has 0 aromatic carbocycles. The van der Waals surface area contributed by atoms with E-state index in [2.05, 4.69) is 5.32 Å². The van der Waals surface area contributed by atoms with Gasteiger partial charge in [0.15, 0.2) is 0 Å². The second-order valence-electron chi connectivity index (χ2n) is 5.16. The second kappa shape index (κ2) is 4.52. The monoisotopic (exact) mass is 211 g/mol. The first-order chi connectivity index (χ1) is 7.27. The summed E-state index contributed by atoms with van der Waals surface area (Å²) in [5.74, 6) is 0.664. The zero-order chi connectivity index (χ0) is 10.7. The van der Waals surface area contributed by atoms with Crippen molar-refractivity contribution in [3.05, 3.63) is 0 Å². The number of amides is 1. The second-order valence-corrected chi connectivity index (χ2v) is 5.16. The van der Waals surface area contributed by atoms with Crippen molar-refractivity contribution in [3.63, 3.8) is 0 Å². The van der Waals surface area contributed by atoms with E-state index >= 15 is 0 Å². The zero-order valence-electron chi connectivity index (χ0n) is 9.30. The summed E-state index contributed by atoms with van der Waals surface area (Å²) in [5, 5.41) is 12.5. The van der Waals surface area contributed by atoms with Crippen LogP contribution in [-0.4, -0.2) is 24.2 Å². The lowest BCUT2D eigenvalue weighted by Crippen LogP contribution is -2.36. The molecule has 1 saturated carbocycles. The van der Waals surface area contributed by atoms with Gasteiger partial charge in [0.2, 0.25) is 5.91 Å². The standard InChI is InChI=1S/C12H21NO2/c14-9-12(7-11(15)13-8-12)10-5-3-1-2-4-6-10/h10,14H,1-9H2,(H,13,15). The molecule has 2 fully saturated rings. The number of aliphatic hydroxyl groups excluding tert-OH is 1. The molecule has 0 bridgehead atoms. The molecule has 1 aliphatic heterocycles. The van der Waals surface area contributed by atoms with Crippen LogP contribution in [0.3, 0.4) is 0 Å². The van der Waals surface area contributed by atoms with Gasteiger partial charge in [-0.2, -0.15) is 0 Å². The van der Waals surface area contributed by atoms with Gasteiger partial charge in [0.1, 0.15) is 0 Å². The Hall–Kier alpha value is -0.570. The van der Waals surface area contributed by atoms with Gasteiger partial charge < -0.3 is 10.4 Å². The van der Waals surface area contributed by atoms with Crippen LogP contribution in [0.2, 0.25) is 0 Å². The number of rotatable bonds is 2. The summed E-state index contributed by atoms with van der Waals surface area (Å²) in [5.41, 5.74) is -0.137. The molecule has 0 aromatic heterocycles. The van der Waals surface area contributed by atoms with Gasteiger partial charge in [-0.25, -0.2) is 0 Å². The minimum atomic E-state index is -0.137. The molecule has 1 heterocycles. The Morgan fingerprint density at radius 2 is 1.93 bits per heavy atom. The third-order valence-corrected chi connectivity index (χ3v) is 4.19. The van der Waals surface area contributed by atoms with Gasteiger partial charge in [0.05, 0.1) is 6.61 Å². The highest BCUT2D eigenvalue weighted by atomic mass is 16.3. The summed E-state index contributed by atoms with van der Waals surface area (Å²) >= 11 is 0. The first-order valence-electron chi connectivity index (χ1n) is 6.14. The maximum atomic E-state index is 11.3. The quantitative estimate of drug-likeness (QED) is 0.679. The van der Waals surface area contributed by atoms with Gasteiger partial charge in [-0.15, -0.1) is 0 Å². The van der Waals surface area contributed by atoms with Gasteiger partial charge in [-0.05, 0) is 18.8 Å². The fraction of sp³-hybridized carbons (Fsp3) is 0.917. The van der Waals surface area contributed by atoms with Crippen molar-refractivity contribution in [1.29, 1.82) is 0 Å². The molecular formula is C12H21NO2. The third kappa shape index (κ3) is 2.17. The molecule has 3 nitrogen and oxygen atoms in total. The molecule has 2 rings (SSSR count). The van der Waals surface area contributed by atoms with Crippen LogP contribution in [0.5, 0.6) is 0 Å². The summed E-state index contributed by atoms with van der Waals surface area (Å²) in [6, 6.07) is 0. The first kappa shape index (κ1) is 10.9. The number of carbonyl (C=O) groups excluding carboxylic acids is 1. The van der Waals surface area contributed by atoms with Crippen LogP contribution in [-0.2, 0) is 4.79 Å². The number of aliphatic hydroxyl groups is 1. The van der Waals surface area contributed by atoms with Crippen molar-refractivity contribution < 1.29 is 9.90 Å². The van der Waals surface area contributed by atoms with Crippen LogP contribution >= 0.6 is 0 Å². The highest BCUT2D eigenvalue weighted by Gasteiger charge is 2.44. The van der Waals surface area contributed by atoms with E-state index in [1.807, 2.05) is 0 Å². The Bertz CT molecular complexity index is 234. The van der Waals surface area contributed by atoms with Crippen molar-refractivity contribution in [1.82, 2.24) is 5.32 Å². The Morgan fingerprint density at radius 1 is 1.27 bits per heavy atom. The molecule has 86 valence electrons. The molecule has 0 radical (unpaired) electrons. The maximum Gasteiger partial charge on any atom is 0.220 e. The van der Waals surface area contributed by atoms with Crippen LogP contribution in [0.15, 0.2) is 0 Å². The number of hydrogen-bond donors (Lipinski definition) is 2. The summed E-state index contributed by atoms with van der Waals surface area (Å²) in [6.45, 7) is 0.851. The van der Waals surface area contributed by atoms with Crippen molar-refractivity contribution in [2.45, 2.75) is 44.9 Å². The van der Waals surface area contributed by atoms with E-state index in [1.165, 1.54) is 38.5 Å². The lowest BCUT2D eigenvalue weighted by molar-refractivity contribution is -0.120. The molecule has 1 amide bonds. The zero-order valence-corrected chi connectivity index (χ0v) is 9.30. The highest BCUT2D eigenvalue weighted by Crippen LogP contribution is 2.41. The molecule has 1 atom stereocenters. The largest absolute Gasteiger partial charge is 0.396 e. The van der Waals surface area contributed by atoms with Gasteiger partial charge in [0, 0.05) is 18.4 Å². The minimum Gasteiger partial charge on any atom is -0.396 e. The van der Waals surface area contributed by atoms with E-state index in [1.54, 1.807) is 0 Å². The molecule has 1 aliphatic carbocycles. The van der Waals surface area contributed by atoms with E-state index in [0.717, 1.165) is 0 Å². The normalized spacial score (nSPS) is 33.8. The van der Waals surface area contributed by atoms with Gasteiger partial charge in [-0.3, -0.25) is 4.79 Å². The van der Waals surface area contributed by atoms with Crippen LogP contribution in [0.1, 0.15) is 44.9 Å². The topological polar surface area (TPSA) is 49.3 Å². The minimum absolute atomic E-state index is 0.119. The Morgan fingerprint density at radius 3 is 2.40 bits per heavy atom. The van der Waals surface area contributed by atoms with Crippen molar-refractivity contribution in [2.24, 2.45) is 11.3 Å². The first-order valence-corrected chi connectivity index (χ1v) is 6.14. The fourth-order valence-electron chi connectivity index (χ4n) is 3.14. The predicted octanol–water partition coefficient (Wildman–Crippen LogP) is 1.46. The summed E-state index contributed by atoms with van der Waals surface area (Å²) in [6.07, 6.45) is 8.08. The Labute approximate surface area is 91.2 Å². The van der Waals surface area contributed by atoms with Gasteiger partial charge in [-0.1, -0.05) is 25.7 Å². The van der Waals surface area contributed by atoms with Crippen molar-refractivity contribution >= 4 is 5.91 Å². The number of nitrogens with one attached hydrogen (secondary N) is 1. The van der Waals surface area contributed by atoms with Crippen LogP contribution in [0.25, 0.3) is 0 Å². The summed E-state index contributed by atoms with van der Waals surface area (Å²) in [4.78, 5) is 11.3. The van der Waals surface area contributed by atoms with Crippen LogP contribution in [0.4, 0.5) is 0 Å². The Kier molecular flexibility index (Phi) is 3.29. The predicted molar refractivity (Wildman–Crippen MR) is 58.3 cm³/mol. The molecule has 1 saturated heterocycles. The van der Waals surface area contributed by atoms with E-state index in [4.69, 9.17) is 0 Å². The van der Waals surface area contributed by atoms with E-state index in [-0.39, 0.29) is 17.9 Å². The maximum absolute atomic E-state index is 11.3. The molecule has 2 aliphatic rings. The average molecular weight is 211 g/mol. The van der Waals surface area contributed by atoms with Gasteiger partial charge >= 0.3 is 0 Å². The number of hydrogen-bond acceptors (Lipinski definition) is 2. The summed E-state index contributed by atoms with van der Waals surface area (Å²) in [7, 11) is 0. The summed E-state index contributed by atoms with van der Waals surface area (Å²) < 4.78 is 0. The van der Waals surface area contributed by atoms with Crippen LogP contribution < -0.4 is 5.32 Å².